The number of rotatable bonds is 2. The average molecular weight is 346 g/mol. The van der Waals surface area contributed by atoms with Crippen molar-refractivity contribution in [2.45, 2.75) is 44.6 Å². The van der Waals surface area contributed by atoms with Gasteiger partial charge in [0.05, 0.1) is 5.54 Å². The Labute approximate surface area is 141 Å². The molecular formula is C15H21Cl2N3O2. The number of anilines is 1. The van der Waals surface area contributed by atoms with Crippen molar-refractivity contribution in [1.82, 2.24) is 4.98 Å². The van der Waals surface area contributed by atoms with Gasteiger partial charge in [-0.15, -0.1) is 24.8 Å². The van der Waals surface area contributed by atoms with Gasteiger partial charge in [0, 0.05) is 18.7 Å². The smallest absolute Gasteiger partial charge is 0.244 e. The SMILES string of the molecule is Cc1nc2ccc(NC(=O)C3(N)CCCCC3)cc2o1.Cl.Cl. The van der Waals surface area contributed by atoms with Gasteiger partial charge in [-0.25, -0.2) is 4.98 Å². The minimum absolute atomic E-state index is 0. The summed E-state index contributed by atoms with van der Waals surface area (Å²) < 4.78 is 5.47. The Morgan fingerprint density at radius 1 is 1.27 bits per heavy atom. The van der Waals surface area contributed by atoms with Crippen molar-refractivity contribution in [1.29, 1.82) is 0 Å². The molecule has 0 atom stereocenters. The fraction of sp³-hybridized carbons (Fsp3) is 0.467. The van der Waals surface area contributed by atoms with Crippen molar-refractivity contribution in [2.75, 3.05) is 5.32 Å². The Bertz CT molecular complexity index is 651. The average Bonchev–Trinajstić information content (AvgIpc) is 2.79. The molecule has 1 aliphatic rings. The van der Waals surface area contributed by atoms with E-state index in [4.69, 9.17) is 10.2 Å². The summed E-state index contributed by atoms with van der Waals surface area (Å²) >= 11 is 0. The molecule has 0 saturated heterocycles. The number of hydrogen-bond donors (Lipinski definition) is 2. The Balaban J connectivity index is 0.00000121. The molecule has 0 unspecified atom stereocenters. The molecule has 1 aliphatic carbocycles. The number of aryl methyl sites for hydroxylation is 1. The van der Waals surface area contributed by atoms with Gasteiger partial charge in [-0.3, -0.25) is 4.79 Å². The first-order valence-electron chi connectivity index (χ1n) is 7.04. The van der Waals surface area contributed by atoms with E-state index in [1.165, 1.54) is 0 Å². The molecule has 0 aliphatic heterocycles. The minimum Gasteiger partial charge on any atom is -0.441 e. The highest BCUT2D eigenvalue weighted by Gasteiger charge is 2.35. The maximum absolute atomic E-state index is 12.3. The minimum atomic E-state index is -0.732. The van der Waals surface area contributed by atoms with Gasteiger partial charge in [0.15, 0.2) is 11.5 Å². The molecule has 122 valence electrons. The number of aromatic nitrogens is 1. The molecule has 0 bridgehead atoms. The summed E-state index contributed by atoms with van der Waals surface area (Å²) in [5.41, 5.74) is 7.66. The quantitative estimate of drug-likeness (QED) is 0.871. The van der Waals surface area contributed by atoms with E-state index in [1.807, 2.05) is 12.1 Å². The van der Waals surface area contributed by atoms with Crippen LogP contribution in [0.2, 0.25) is 0 Å². The van der Waals surface area contributed by atoms with E-state index in [0.29, 0.717) is 17.2 Å². The number of nitrogens with two attached hydrogens (primary N) is 1. The molecule has 3 N–H and O–H groups in total. The molecule has 0 spiro atoms. The number of carbonyl (C=O) groups excluding carboxylic acids is 1. The van der Waals surface area contributed by atoms with Gasteiger partial charge in [0.25, 0.3) is 0 Å². The third kappa shape index (κ3) is 3.72. The molecular weight excluding hydrogens is 325 g/mol. The van der Waals surface area contributed by atoms with Crippen molar-refractivity contribution in [2.24, 2.45) is 5.73 Å². The van der Waals surface area contributed by atoms with E-state index in [9.17, 15) is 4.79 Å². The first kappa shape index (κ1) is 18.7. The van der Waals surface area contributed by atoms with Crippen molar-refractivity contribution >= 4 is 47.5 Å². The molecule has 0 radical (unpaired) electrons. The van der Waals surface area contributed by atoms with Gasteiger partial charge in [-0.2, -0.15) is 0 Å². The van der Waals surface area contributed by atoms with E-state index in [-0.39, 0.29) is 30.7 Å². The Morgan fingerprint density at radius 2 is 1.95 bits per heavy atom. The van der Waals surface area contributed by atoms with Crippen LogP contribution in [-0.2, 0) is 4.79 Å². The number of fused-ring (bicyclic) bond motifs is 1. The molecule has 1 amide bonds. The molecule has 1 aromatic carbocycles. The molecule has 1 saturated carbocycles. The molecule has 7 heteroatoms. The molecule has 1 fully saturated rings. The highest BCUT2D eigenvalue weighted by molar-refractivity contribution is 5.99. The second-order valence-electron chi connectivity index (χ2n) is 5.59. The fourth-order valence-electron chi connectivity index (χ4n) is 2.78. The maximum atomic E-state index is 12.3. The van der Waals surface area contributed by atoms with Crippen LogP contribution in [0.15, 0.2) is 22.6 Å². The van der Waals surface area contributed by atoms with E-state index >= 15 is 0 Å². The molecule has 5 nitrogen and oxygen atoms in total. The van der Waals surface area contributed by atoms with Crippen molar-refractivity contribution in [3.05, 3.63) is 24.1 Å². The molecule has 3 rings (SSSR count). The van der Waals surface area contributed by atoms with Crippen LogP contribution < -0.4 is 11.1 Å². The number of hydrogen-bond acceptors (Lipinski definition) is 4. The third-order valence-electron chi connectivity index (χ3n) is 3.95. The van der Waals surface area contributed by atoms with E-state index < -0.39 is 5.54 Å². The first-order valence-corrected chi connectivity index (χ1v) is 7.04. The number of benzene rings is 1. The number of nitrogens with zero attached hydrogens (tertiary/aromatic N) is 1. The third-order valence-corrected chi connectivity index (χ3v) is 3.95. The van der Waals surface area contributed by atoms with E-state index in [2.05, 4.69) is 10.3 Å². The summed E-state index contributed by atoms with van der Waals surface area (Å²) in [6.45, 7) is 1.80. The molecule has 2 aromatic rings. The lowest BCUT2D eigenvalue weighted by Gasteiger charge is -2.31. The lowest BCUT2D eigenvalue weighted by molar-refractivity contribution is -0.122. The van der Waals surface area contributed by atoms with Crippen LogP contribution in [0.3, 0.4) is 0 Å². The molecule has 22 heavy (non-hydrogen) atoms. The highest BCUT2D eigenvalue weighted by atomic mass is 35.5. The van der Waals surface area contributed by atoms with Gasteiger partial charge in [0.2, 0.25) is 5.91 Å². The predicted molar refractivity (Wildman–Crippen MR) is 91.9 cm³/mol. The zero-order valence-corrected chi connectivity index (χ0v) is 14.1. The number of amides is 1. The van der Waals surface area contributed by atoms with Gasteiger partial charge >= 0.3 is 0 Å². The zero-order valence-electron chi connectivity index (χ0n) is 12.4. The second kappa shape index (κ2) is 7.31. The topological polar surface area (TPSA) is 81.2 Å². The monoisotopic (exact) mass is 345 g/mol. The summed E-state index contributed by atoms with van der Waals surface area (Å²) in [4.78, 5) is 16.6. The van der Waals surface area contributed by atoms with E-state index in [1.54, 1.807) is 13.0 Å². The summed E-state index contributed by atoms with van der Waals surface area (Å²) in [6.07, 6.45) is 4.70. The number of oxazole rings is 1. The Hall–Kier alpha value is -1.30. The lowest BCUT2D eigenvalue weighted by Crippen LogP contribution is -2.52. The Kier molecular flexibility index (Phi) is 6.23. The van der Waals surface area contributed by atoms with E-state index in [0.717, 1.165) is 37.6 Å². The first-order chi connectivity index (χ1) is 9.57. The van der Waals surface area contributed by atoms with Crippen LogP contribution in [-0.4, -0.2) is 16.4 Å². The summed E-state index contributed by atoms with van der Waals surface area (Å²) in [5.74, 6) is 0.513. The van der Waals surface area contributed by atoms with Crippen LogP contribution in [0.25, 0.3) is 11.1 Å². The zero-order chi connectivity index (χ0) is 14.2. The number of halogens is 2. The number of nitrogens with one attached hydrogen (secondary N) is 1. The lowest BCUT2D eigenvalue weighted by atomic mass is 9.82. The summed E-state index contributed by atoms with van der Waals surface area (Å²) in [7, 11) is 0. The van der Waals surface area contributed by atoms with Crippen LogP contribution >= 0.6 is 24.8 Å². The maximum Gasteiger partial charge on any atom is 0.244 e. The van der Waals surface area contributed by atoms with Crippen molar-refractivity contribution in [3.8, 4) is 0 Å². The Morgan fingerprint density at radius 3 is 2.64 bits per heavy atom. The van der Waals surface area contributed by atoms with Crippen molar-refractivity contribution in [3.63, 3.8) is 0 Å². The highest BCUT2D eigenvalue weighted by Crippen LogP contribution is 2.28. The van der Waals surface area contributed by atoms with Crippen LogP contribution in [0.4, 0.5) is 5.69 Å². The normalized spacial score (nSPS) is 16.5. The van der Waals surface area contributed by atoms with Crippen LogP contribution in [0, 0.1) is 6.92 Å². The molecule has 1 heterocycles. The summed E-state index contributed by atoms with van der Waals surface area (Å²) in [6, 6.07) is 5.46. The van der Waals surface area contributed by atoms with Crippen LogP contribution in [0.1, 0.15) is 38.0 Å². The van der Waals surface area contributed by atoms with Crippen LogP contribution in [0.5, 0.6) is 0 Å². The second-order valence-corrected chi connectivity index (χ2v) is 5.59. The van der Waals surface area contributed by atoms with Gasteiger partial charge in [-0.05, 0) is 25.0 Å². The van der Waals surface area contributed by atoms with Gasteiger partial charge in [-0.1, -0.05) is 19.3 Å². The number of carbonyl (C=O) groups is 1. The van der Waals surface area contributed by atoms with Gasteiger partial charge < -0.3 is 15.5 Å². The standard InChI is InChI=1S/C15H19N3O2.2ClH/c1-10-17-12-6-5-11(9-13(12)20-10)18-14(19)15(16)7-3-2-4-8-15;;/h5-6,9H,2-4,7-8,16H2,1H3,(H,18,19);2*1H. The van der Waals surface area contributed by atoms with Crippen molar-refractivity contribution < 1.29 is 9.21 Å². The summed E-state index contributed by atoms with van der Waals surface area (Å²) in [5, 5.41) is 2.90. The fourth-order valence-corrected chi connectivity index (χ4v) is 2.78. The molecule has 1 aromatic heterocycles. The predicted octanol–water partition coefficient (Wildman–Crippen LogP) is 3.58. The largest absolute Gasteiger partial charge is 0.441 e. The van der Waals surface area contributed by atoms with Gasteiger partial charge in [0.1, 0.15) is 5.52 Å².